The number of carboxylic acid groups (broad SMARTS) is 1. The molecule has 0 aliphatic carbocycles. The number of amides is 3. The largest absolute Gasteiger partial charge is 1.00 e. The second kappa shape index (κ2) is 14.7. The third-order valence-corrected chi connectivity index (χ3v) is 10.2. The molecule has 3 amide bonds. The van der Waals surface area contributed by atoms with Crippen LogP contribution in [-0.2, 0) is 19.1 Å². The molecular weight excluding hydrogens is 763 g/mol. The van der Waals surface area contributed by atoms with Crippen molar-refractivity contribution in [3.63, 3.8) is 0 Å². The van der Waals surface area contributed by atoms with Crippen LogP contribution in [0.3, 0.4) is 0 Å². The molecule has 3 aromatic carbocycles. The molecule has 0 bridgehead atoms. The van der Waals surface area contributed by atoms with Gasteiger partial charge in [0.2, 0.25) is 11.8 Å². The summed E-state index contributed by atoms with van der Waals surface area (Å²) in [4.78, 5) is 91.7. The molecule has 4 aromatic rings. The van der Waals surface area contributed by atoms with Gasteiger partial charge in [0, 0.05) is 14.8 Å². The maximum Gasteiger partial charge on any atom is 1.00 e. The number of benzene rings is 3. The number of carboxylic acids is 1. The molecule has 2 N–H and O–H groups in total. The minimum atomic E-state index is -1.39. The van der Waals surface area contributed by atoms with E-state index in [1.165, 1.54) is 53.1 Å². The van der Waals surface area contributed by atoms with Crippen molar-refractivity contribution in [1.82, 2.24) is 20.1 Å². The number of methoxy groups -OCH3 is 1. The van der Waals surface area contributed by atoms with Crippen molar-refractivity contribution in [3.8, 4) is 11.4 Å². The molecule has 258 valence electrons. The molecule has 1 aromatic heterocycles. The first-order valence-corrected chi connectivity index (χ1v) is 16.5. The summed E-state index contributed by atoms with van der Waals surface area (Å²) in [6.07, 6.45) is -1.11. The molecule has 2 aliphatic heterocycles. The third-order valence-electron chi connectivity index (χ3n) is 8.18. The predicted molar refractivity (Wildman–Crippen MR) is 178 cm³/mol. The number of aromatic nitrogens is 1. The first-order valence-electron chi connectivity index (χ1n) is 14.8. The van der Waals surface area contributed by atoms with Gasteiger partial charge in [0.25, 0.3) is 11.5 Å². The topological polar surface area (TPSA) is 206 Å². The Bertz CT molecular complexity index is 2210. The number of hydrogen-bond donors (Lipinski definition) is 2. The van der Waals surface area contributed by atoms with E-state index in [4.69, 9.17) is 9.15 Å². The molecule has 2 saturated heterocycles. The Hall–Kier alpha value is -4.42. The molecule has 2 fully saturated rings. The van der Waals surface area contributed by atoms with Gasteiger partial charge in [-0.1, -0.05) is 52.3 Å². The molecule has 0 spiro atoms. The number of carbonyl (C=O) groups excluding carboxylic acids is 5. The summed E-state index contributed by atoms with van der Waals surface area (Å²) in [6.45, 7) is 3.35. The average molecular weight is 790 g/mol. The molecule has 51 heavy (non-hydrogen) atoms. The van der Waals surface area contributed by atoms with Crippen LogP contribution in [0.15, 0.2) is 85.2 Å². The van der Waals surface area contributed by atoms with Gasteiger partial charge >= 0.3 is 41.5 Å². The molecule has 0 saturated carbocycles. The van der Waals surface area contributed by atoms with Crippen LogP contribution in [0.5, 0.6) is 5.75 Å². The smallest absolute Gasteiger partial charge is 0.548 e. The monoisotopic (exact) mass is 788 g/mol. The van der Waals surface area contributed by atoms with E-state index in [0.29, 0.717) is 14.6 Å². The van der Waals surface area contributed by atoms with Gasteiger partial charge in [-0.2, -0.15) is 0 Å². The van der Waals surface area contributed by atoms with E-state index in [1.807, 2.05) is 0 Å². The summed E-state index contributed by atoms with van der Waals surface area (Å²) in [6, 6.07) is 12.8. The first-order chi connectivity index (χ1) is 23.7. The zero-order chi connectivity index (χ0) is 36.1. The fourth-order valence-electron chi connectivity index (χ4n) is 5.91. The molecule has 6 rings (SSSR count). The van der Waals surface area contributed by atoms with Gasteiger partial charge in [0.1, 0.15) is 17.5 Å². The van der Waals surface area contributed by atoms with Gasteiger partial charge in [-0.15, -0.1) is 11.8 Å². The van der Waals surface area contributed by atoms with Crippen LogP contribution in [-0.4, -0.2) is 68.6 Å². The first kappa shape index (κ1) is 37.8. The fraction of sp³-hybridized carbons (Fsp3) is 0.242. The summed E-state index contributed by atoms with van der Waals surface area (Å²) in [7, 11) is 1.08. The van der Waals surface area contributed by atoms with Gasteiger partial charge in [-0.25, -0.2) is 14.2 Å². The normalized spacial score (nSPS) is 19.2. The Morgan fingerprint density at radius 3 is 2.39 bits per heavy atom. The number of aliphatic carboxylic acids is 1. The van der Waals surface area contributed by atoms with E-state index in [0.717, 1.165) is 7.11 Å². The standard InChI is InChI=1S/C33H27BrN4O11S.Na/c1-33(2)24(30(43)44)38-28(42)22(29(38)50-33)36-26(40)21(15-8-5-4-6-9-15)35-25(39)16-10-7-11-18(12-16)37-27(41)19-13-17(34)14-20(48-32(46)47-3)23(19)49-31(37)45;/h4-14,21-22,24,29H,1-3H3,(H,35,39)(H,36,40)(H,43,44);/q;+1/p-1/t21-,22-,24+,29-;/m1./s1. The van der Waals surface area contributed by atoms with Crippen molar-refractivity contribution in [2.24, 2.45) is 0 Å². The zero-order valence-corrected chi connectivity index (χ0v) is 31.7. The van der Waals surface area contributed by atoms with Gasteiger partial charge < -0.3 is 39.3 Å². The maximum absolute atomic E-state index is 13.7. The van der Waals surface area contributed by atoms with Crippen LogP contribution in [0.25, 0.3) is 16.7 Å². The van der Waals surface area contributed by atoms with E-state index in [1.54, 1.807) is 44.2 Å². The second-order valence-corrected chi connectivity index (χ2v) is 14.5. The molecule has 4 atom stereocenters. The maximum atomic E-state index is 13.7. The van der Waals surface area contributed by atoms with Crippen LogP contribution < -0.4 is 61.3 Å². The van der Waals surface area contributed by atoms with Crippen molar-refractivity contribution in [2.45, 2.75) is 42.1 Å². The fourth-order valence-corrected chi connectivity index (χ4v) is 7.97. The minimum absolute atomic E-state index is 0. The van der Waals surface area contributed by atoms with Crippen LogP contribution >= 0.6 is 27.7 Å². The Morgan fingerprint density at radius 2 is 1.73 bits per heavy atom. The second-order valence-electron chi connectivity index (χ2n) is 11.8. The molecule has 3 heterocycles. The van der Waals surface area contributed by atoms with E-state index < -0.39 is 69.4 Å². The van der Waals surface area contributed by atoms with Gasteiger partial charge in [-0.05, 0) is 49.7 Å². The van der Waals surface area contributed by atoms with Crippen molar-refractivity contribution < 1.29 is 72.5 Å². The van der Waals surface area contributed by atoms with E-state index in [2.05, 4.69) is 31.3 Å². The van der Waals surface area contributed by atoms with Crippen molar-refractivity contribution in [3.05, 3.63) is 103 Å². The number of hydrogen-bond acceptors (Lipinski definition) is 12. The number of nitrogens with zero attached hydrogens (tertiary/aromatic N) is 2. The number of nitrogens with one attached hydrogen (secondary N) is 2. The van der Waals surface area contributed by atoms with Crippen molar-refractivity contribution in [2.75, 3.05) is 7.11 Å². The number of fused-ring (bicyclic) bond motifs is 2. The van der Waals surface area contributed by atoms with Crippen LogP contribution in [0.1, 0.15) is 35.8 Å². The number of β-lactam (4-membered cyclic amide) rings is 1. The Labute approximate surface area is 323 Å². The quantitative estimate of drug-likeness (QED) is 0.0918. The molecule has 0 radical (unpaired) electrons. The van der Waals surface area contributed by atoms with Crippen LogP contribution in [0.4, 0.5) is 4.79 Å². The van der Waals surface area contributed by atoms with Crippen molar-refractivity contribution >= 4 is 68.5 Å². The Morgan fingerprint density at radius 1 is 1.02 bits per heavy atom. The summed E-state index contributed by atoms with van der Waals surface area (Å²) in [5.74, 6) is -4.86. The van der Waals surface area contributed by atoms with E-state index in [9.17, 15) is 38.7 Å². The zero-order valence-electron chi connectivity index (χ0n) is 27.3. The predicted octanol–water partition coefficient (Wildman–Crippen LogP) is -1.38. The molecule has 18 heteroatoms. The Kier molecular flexibility index (Phi) is 10.9. The molecular formula is C33H26BrN4NaO11S. The molecule has 2 aliphatic rings. The van der Waals surface area contributed by atoms with Gasteiger partial charge in [-0.3, -0.25) is 19.2 Å². The van der Waals surface area contributed by atoms with Crippen molar-refractivity contribution in [1.29, 1.82) is 0 Å². The minimum Gasteiger partial charge on any atom is -0.548 e. The summed E-state index contributed by atoms with van der Waals surface area (Å²) in [5.41, 5.74) is -0.856. The SMILES string of the molecule is COC(=O)Oc1cc(Br)cc2c(=O)n(-c3cccc(C(=O)N[C@@H](C(=O)N[C@@H]4C(=O)N5[C@@H]4SC(C)(C)[C@@H]5C(=O)[O-])c4ccccc4)c3)c(=O)oc12.[Na+]. The summed E-state index contributed by atoms with van der Waals surface area (Å²) in [5, 5.41) is 16.3. The summed E-state index contributed by atoms with van der Waals surface area (Å²) < 4.78 is 15.0. The Balaban J connectivity index is 0.00000504. The number of carbonyl (C=O) groups is 5. The molecule has 15 nitrogen and oxygen atoms in total. The molecule has 0 unspecified atom stereocenters. The number of ether oxygens (including phenoxy) is 2. The van der Waals surface area contributed by atoms with E-state index in [-0.39, 0.29) is 57.5 Å². The third kappa shape index (κ3) is 7.08. The van der Waals surface area contributed by atoms with Crippen LogP contribution in [0.2, 0.25) is 0 Å². The number of rotatable bonds is 8. The van der Waals surface area contributed by atoms with Gasteiger partial charge in [0.15, 0.2) is 11.3 Å². The number of thioether (sulfide) groups is 1. The van der Waals surface area contributed by atoms with E-state index >= 15 is 0 Å². The average Bonchev–Trinajstić information content (AvgIpc) is 3.34. The van der Waals surface area contributed by atoms with Crippen LogP contribution in [0, 0.1) is 0 Å². The summed E-state index contributed by atoms with van der Waals surface area (Å²) >= 11 is 4.46. The number of halogens is 1. The van der Waals surface area contributed by atoms with Gasteiger partial charge in [0.05, 0.1) is 30.2 Å².